The average Bonchev–Trinajstić information content (AvgIpc) is 3.45. The molecule has 3 rings (SSSR count). The summed E-state index contributed by atoms with van der Waals surface area (Å²) in [6.07, 6.45) is 33.7. The number of aryl methyl sites for hydroxylation is 4. The van der Waals surface area contributed by atoms with E-state index >= 15 is 0 Å². The summed E-state index contributed by atoms with van der Waals surface area (Å²) >= 11 is 0. The summed E-state index contributed by atoms with van der Waals surface area (Å²) in [6, 6.07) is 10.1. The Balaban J connectivity index is 2.35. The van der Waals surface area contributed by atoms with Gasteiger partial charge in [-0.1, -0.05) is 132 Å². The zero-order chi connectivity index (χ0) is 39.1. The van der Waals surface area contributed by atoms with Gasteiger partial charge in [-0.05, 0) is 160 Å². The molecule has 0 fully saturated rings. The third-order valence-corrected chi connectivity index (χ3v) is 12.1. The maximum absolute atomic E-state index is 12.9. The van der Waals surface area contributed by atoms with Gasteiger partial charge in [0.1, 0.15) is 0 Å². The second-order valence-corrected chi connectivity index (χ2v) is 16.8. The highest BCUT2D eigenvalue weighted by Crippen LogP contribution is 2.46. The minimum atomic E-state index is 1.03. The molecule has 0 saturated heterocycles. The summed E-state index contributed by atoms with van der Waals surface area (Å²) in [5.41, 5.74) is 29.9. The molecule has 0 bridgehead atoms. The van der Waals surface area contributed by atoms with Crippen LogP contribution in [0.25, 0.3) is 16.9 Å². The molecule has 0 spiro atoms. The molecule has 54 heavy (non-hydrogen) atoms. The highest BCUT2D eigenvalue weighted by molar-refractivity contribution is 5.83. The van der Waals surface area contributed by atoms with E-state index in [-0.39, 0.29) is 0 Å². The van der Waals surface area contributed by atoms with Crippen molar-refractivity contribution in [3.8, 4) is 0 Å². The van der Waals surface area contributed by atoms with Gasteiger partial charge in [0.15, 0.2) is 0 Å². The zero-order valence-electron chi connectivity index (χ0n) is 37.0. The number of benzene rings is 2. The molecule has 0 unspecified atom stereocenters. The van der Waals surface area contributed by atoms with E-state index in [2.05, 4.69) is 79.7 Å². The zero-order valence-corrected chi connectivity index (χ0v) is 37.0. The fourth-order valence-corrected chi connectivity index (χ4v) is 8.86. The number of nitrogens with zero attached hydrogens (tertiary/aromatic N) is 2. The van der Waals surface area contributed by atoms with Crippen LogP contribution >= 0.6 is 0 Å². The molecule has 2 aromatic carbocycles. The Morgan fingerprint density at radius 2 is 0.593 bits per heavy atom. The smallest absolute Gasteiger partial charge is 0.211 e. The van der Waals surface area contributed by atoms with Crippen molar-refractivity contribution >= 4 is 11.4 Å². The average molecular weight is 737 g/mol. The van der Waals surface area contributed by atoms with Crippen LogP contribution in [0.1, 0.15) is 241 Å². The first-order chi connectivity index (χ1) is 26.4. The van der Waals surface area contributed by atoms with Gasteiger partial charge in [0.05, 0.1) is 0 Å². The van der Waals surface area contributed by atoms with Gasteiger partial charge in [-0.2, -0.15) is 0 Å². The van der Waals surface area contributed by atoms with Gasteiger partial charge in [-0.3, -0.25) is 0 Å². The highest BCUT2D eigenvalue weighted by Gasteiger charge is 2.36. The second kappa shape index (κ2) is 26.4. The maximum atomic E-state index is 12.9. The Hall–Kier alpha value is -2.48. The standard InChI is InChI=1S/C52H84N2/c1-9-17-25-31-43-39-46(40-44(32-26-18-10-2)48(43)35-27-19-11-3)52-50(36-28-20-12-4)49(34-24-16-8)51(54(52)53)45-37-41(29-21-13-5)47(33-23-15-7)42(38-45)30-22-14-6/h37-40H,9-36H2,1-8H3. The Bertz CT molecular complexity index is 1410. The molecule has 2 heteroatoms. The first-order valence-electron chi connectivity index (χ1n) is 23.7. The van der Waals surface area contributed by atoms with E-state index in [1.54, 1.807) is 38.1 Å². The molecule has 1 aliphatic rings. The molecule has 1 aliphatic heterocycles. The molecule has 1 heterocycles. The number of allylic oxidation sites excluding steroid dienone is 2. The lowest BCUT2D eigenvalue weighted by Gasteiger charge is -2.20. The van der Waals surface area contributed by atoms with Gasteiger partial charge in [0.25, 0.3) is 0 Å². The molecule has 2 aromatic rings. The molecular formula is C52H84N2. The van der Waals surface area contributed by atoms with Crippen LogP contribution in [-0.2, 0) is 38.5 Å². The van der Waals surface area contributed by atoms with E-state index in [1.165, 1.54) is 151 Å². The van der Waals surface area contributed by atoms with Crippen LogP contribution in [0.2, 0.25) is 0 Å². The Morgan fingerprint density at radius 1 is 0.333 bits per heavy atom. The monoisotopic (exact) mass is 737 g/mol. The first kappa shape index (κ1) is 45.9. The molecule has 2 nitrogen and oxygen atoms in total. The van der Waals surface area contributed by atoms with Crippen LogP contribution in [0.3, 0.4) is 0 Å². The van der Waals surface area contributed by atoms with Crippen molar-refractivity contribution in [1.29, 1.82) is 0 Å². The minimum Gasteiger partial charge on any atom is -0.493 e. The summed E-state index contributed by atoms with van der Waals surface area (Å²) in [5.74, 6) is 0. The fourth-order valence-electron chi connectivity index (χ4n) is 8.86. The quantitative estimate of drug-likeness (QED) is 0.0564. The number of rotatable bonds is 30. The van der Waals surface area contributed by atoms with Crippen molar-refractivity contribution in [2.45, 2.75) is 235 Å². The Morgan fingerprint density at radius 3 is 0.963 bits per heavy atom. The third kappa shape index (κ3) is 13.3. The lowest BCUT2D eigenvalue weighted by atomic mass is 9.86. The van der Waals surface area contributed by atoms with Crippen LogP contribution in [0.5, 0.6) is 0 Å². The fraction of sp³-hybridized carbons (Fsp3) is 0.692. The van der Waals surface area contributed by atoms with Crippen molar-refractivity contribution < 1.29 is 4.70 Å². The normalized spacial score (nSPS) is 13.3. The molecule has 0 N–H and O–H groups in total. The van der Waals surface area contributed by atoms with E-state index in [0.717, 1.165) is 62.8 Å². The van der Waals surface area contributed by atoms with E-state index < -0.39 is 0 Å². The Kier molecular flexibility index (Phi) is 22.4. The summed E-state index contributed by atoms with van der Waals surface area (Å²) in [4.78, 5) is 0. The molecule has 302 valence electrons. The summed E-state index contributed by atoms with van der Waals surface area (Å²) in [5, 5.41) is 0. The number of unbranched alkanes of at least 4 members (excludes halogenated alkanes) is 12. The van der Waals surface area contributed by atoms with Crippen LogP contribution in [0, 0.1) is 0 Å². The van der Waals surface area contributed by atoms with Crippen molar-refractivity contribution in [2.24, 2.45) is 0 Å². The summed E-state index contributed by atoms with van der Waals surface area (Å²) in [7, 11) is 0. The van der Waals surface area contributed by atoms with Crippen LogP contribution < -0.4 is 0 Å². The van der Waals surface area contributed by atoms with Crippen molar-refractivity contribution in [1.82, 2.24) is 0 Å². The summed E-state index contributed by atoms with van der Waals surface area (Å²) in [6.45, 7) is 18.6. The molecular weight excluding hydrogens is 653 g/mol. The van der Waals surface area contributed by atoms with Gasteiger partial charge in [-0.15, -0.1) is 0 Å². The molecule has 0 atom stereocenters. The molecule has 0 aromatic heterocycles. The highest BCUT2D eigenvalue weighted by atomic mass is 15.2. The third-order valence-electron chi connectivity index (χ3n) is 12.1. The predicted molar refractivity (Wildman–Crippen MR) is 240 cm³/mol. The number of hydrogen-bond donors (Lipinski definition) is 0. The first-order valence-corrected chi connectivity index (χ1v) is 23.7. The van der Waals surface area contributed by atoms with Crippen LogP contribution in [0.4, 0.5) is 0 Å². The van der Waals surface area contributed by atoms with E-state index in [1.807, 2.05) is 0 Å². The lowest BCUT2D eigenvalue weighted by Crippen LogP contribution is -2.09. The van der Waals surface area contributed by atoms with Crippen molar-refractivity contribution in [2.75, 3.05) is 0 Å². The molecule has 0 aliphatic carbocycles. The van der Waals surface area contributed by atoms with E-state index in [4.69, 9.17) is 0 Å². The topological polar surface area (TPSA) is 25.3 Å². The minimum absolute atomic E-state index is 1.03. The van der Waals surface area contributed by atoms with Gasteiger partial charge in [0.2, 0.25) is 11.4 Å². The SMILES string of the molecule is CCCCCC1=C(c2cc(CCCCC)c(CCCCC)c(CCCCC)c2)[N+](=[N-])C(c2cc(CCCC)c(CCCC)c(CCCC)c2)=C1CCCC. The Labute approximate surface area is 335 Å². The van der Waals surface area contributed by atoms with E-state index in [9.17, 15) is 5.53 Å². The molecule has 0 radical (unpaired) electrons. The van der Waals surface area contributed by atoms with Crippen molar-refractivity contribution in [3.05, 3.63) is 85.5 Å². The van der Waals surface area contributed by atoms with Crippen LogP contribution in [-0.4, -0.2) is 4.70 Å². The van der Waals surface area contributed by atoms with Crippen molar-refractivity contribution in [3.63, 3.8) is 0 Å². The van der Waals surface area contributed by atoms with Gasteiger partial charge >= 0.3 is 0 Å². The molecule has 0 saturated carbocycles. The maximum Gasteiger partial charge on any atom is 0.211 e. The predicted octanol–water partition coefficient (Wildman–Crippen LogP) is 16.9. The number of hydrogen-bond acceptors (Lipinski definition) is 0. The van der Waals surface area contributed by atoms with E-state index in [0.29, 0.717) is 0 Å². The largest absolute Gasteiger partial charge is 0.493 e. The van der Waals surface area contributed by atoms with Gasteiger partial charge in [-0.25, -0.2) is 4.70 Å². The summed E-state index contributed by atoms with van der Waals surface area (Å²) < 4.78 is 1.72. The van der Waals surface area contributed by atoms with Crippen LogP contribution in [0.15, 0.2) is 35.4 Å². The molecule has 0 amide bonds. The second-order valence-electron chi connectivity index (χ2n) is 16.8. The van der Waals surface area contributed by atoms with Gasteiger partial charge in [0, 0.05) is 22.3 Å². The van der Waals surface area contributed by atoms with Gasteiger partial charge < -0.3 is 5.53 Å². The lowest BCUT2D eigenvalue weighted by molar-refractivity contribution is -0.345.